The summed E-state index contributed by atoms with van der Waals surface area (Å²) in [6.45, 7) is 0. The van der Waals surface area contributed by atoms with E-state index in [4.69, 9.17) is 5.11 Å². The minimum Gasteiger partial charge on any atom is -0.477 e. The number of benzene rings is 1. The Balaban J connectivity index is 1.55. The van der Waals surface area contributed by atoms with Gasteiger partial charge in [0.1, 0.15) is 11.1 Å². The van der Waals surface area contributed by atoms with Gasteiger partial charge in [-0.2, -0.15) is 0 Å². The predicted molar refractivity (Wildman–Crippen MR) is 92.4 cm³/mol. The number of hydrogen-bond donors (Lipinski definition) is 1. The number of aliphatic carboxylic acids is 1. The second-order valence-corrected chi connectivity index (χ2v) is 6.67. The Morgan fingerprint density at radius 1 is 1.32 bits per heavy atom. The van der Waals surface area contributed by atoms with E-state index in [0.717, 1.165) is 11.0 Å². The molecule has 1 aromatic carbocycles. The minimum atomic E-state index is -1.09. The molecule has 1 atom stereocenters. The molecule has 1 amide bonds. The summed E-state index contributed by atoms with van der Waals surface area (Å²) in [4.78, 5) is 33.6. The van der Waals surface area contributed by atoms with E-state index in [1.807, 2.05) is 34.9 Å². The smallest absolute Gasteiger partial charge is 0.353 e. The van der Waals surface area contributed by atoms with E-state index in [2.05, 4.69) is 9.97 Å². The summed E-state index contributed by atoms with van der Waals surface area (Å²) in [5.41, 5.74) is 3.71. The zero-order valence-corrected chi connectivity index (χ0v) is 13.5. The highest BCUT2D eigenvalue weighted by Crippen LogP contribution is 2.45. The zero-order valence-electron chi connectivity index (χ0n) is 12.7. The molecule has 3 aromatic rings. The fraction of sp³-hybridized carbons (Fsp3) is 0.0588. The van der Waals surface area contributed by atoms with E-state index < -0.39 is 5.97 Å². The average Bonchev–Trinajstić information content (AvgIpc) is 3.21. The first-order chi connectivity index (χ1) is 12.1. The van der Waals surface area contributed by atoms with Crippen molar-refractivity contribution in [3.05, 3.63) is 59.0 Å². The summed E-state index contributed by atoms with van der Waals surface area (Å²) in [6.07, 6.45) is 5.26. The number of imidazole rings is 1. The summed E-state index contributed by atoms with van der Waals surface area (Å²) in [5, 5.41) is 10.3. The fourth-order valence-corrected chi connectivity index (χ4v) is 4.22. The van der Waals surface area contributed by atoms with Crippen molar-refractivity contribution in [2.45, 2.75) is 5.37 Å². The third kappa shape index (κ3) is 1.94. The summed E-state index contributed by atoms with van der Waals surface area (Å²) >= 11 is 1.32. The molecule has 5 rings (SSSR count). The maximum atomic E-state index is 12.3. The lowest BCUT2D eigenvalue weighted by molar-refractivity contribution is -0.141. The van der Waals surface area contributed by atoms with Crippen molar-refractivity contribution < 1.29 is 14.7 Å². The van der Waals surface area contributed by atoms with Gasteiger partial charge in [-0.3, -0.25) is 19.1 Å². The van der Waals surface area contributed by atoms with Crippen molar-refractivity contribution in [1.29, 1.82) is 0 Å². The number of carbonyl (C=O) groups is 2. The summed E-state index contributed by atoms with van der Waals surface area (Å²) in [7, 11) is 0. The molecule has 2 aliphatic heterocycles. The van der Waals surface area contributed by atoms with Crippen LogP contribution in [0.4, 0.5) is 0 Å². The highest BCUT2D eigenvalue weighted by atomic mass is 32.2. The van der Waals surface area contributed by atoms with Gasteiger partial charge in [0.2, 0.25) is 0 Å². The lowest BCUT2D eigenvalue weighted by Gasteiger charge is -2.36. The van der Waals surface area contributed by atoms with Crippen molar-refractivity contribution in [1.82, 2.24) is 19.3 Å². The van der Waals surface area contributed by atoms with Crippen LogP contribution < -0.4 is 0 Å². The Morgan fingerprint density at radius 2 is 2.16 bits per heavy atom. The van der Waals surface area contributed by atoms with Gasteiger partial charge in [-0.15, -0.1) is 11.8 Å². The maximum absolute atomic E-state index is 12.3. The first-order valence-corrected chi connectivity index (χ1v) is 8.45. The van der Waals surface area contributed by atoms with E-state index >= 15 is 0 Å². The molecule has 0 saturated carbocycles. The molecule has 0 radical (unpaired) electrons. The van der Waals surface area contributed by atoms with Crippen LogP contribution in [0.5, 0.6) is 0 Å². The Labute approximate surface area is 145 Å². The van der Waals surface area contributed by atoms with Crippen molar-refractivity contribution in [2.24, 2.45) is 0 Å². The first kappa shape index (κ1) is 14.2. The van der Waals surface area contributed by atoms with Gasteiger partial charge < -0.3 is 5.11 Å². The number of β-lactam (4-membered cyclic amide) rings is 1. The van der Waals surface area contributed by atoms with Gasteiger partial charge in [-0.1, -0.05) is 12.1 Å². The van der Waals surface area contributed by atoms with E-state index in [-0.39, 0.29) is 17.0 Å². The highest BCUT2D eigenvalue weighted by molar-refractivity contribution is 8.03. The molecule has 4 heterocycles. The third-order valence-electron chi connectivity index (χ3n) is 4.27. The number of hydrogen-bond acceptors (Lipinski definition) is 5. The molecule has 25 heavy (non-hydrogen) atoms. The van der Waals surface area contributed by atoms with Crippen LogP contribution in [0.15, 0.2) is 53.3 Å². The number of fused-ring (bicyclic) bond motifs is 4. The molecule has 0 aliphatic carbocycles. The van der Waals surface area contributed by atoms with Crippen molar-refractivity contribution in [2.75, 3.05) is 0 Å². The number of amides is 1. The molecule has 2 aromatic heterocycles. The number of aromatic nitrogens is 3. The quantitative estimate of drug-likeness (QED) is 0.563. The van der Waals surface area contributed by atoms with Gasteiger partial charge in [0, 0.05) is 11.6 Å². The van der Waals surface area contributed by atoms with E-state index in [0.29, 0.717) is 16.9 Å². The molecule has 122 valence electrons. The van der Waals surface area contributed by atoms with Crippen LogP contribution in [-0.2, 0) is 9.59 Å². The van der Waals surface area contributed by atoms with Crippen LogP contribution in [0.1, 0.15) is 5.69 Å². The van der Waals surface area contributed by atoms with Gasteiger partial charge in [0.15, 0.2) is 5.65 Å². The molecular weight excluding hydrogens is 340 g/mol. The van der Waals surface area contributed by atoms with Crippen LogP contribution >= 0.6 is 11.8 Å². The normalized spacial score (nSPS) is 20.9. The maximum Gasteiger partial charge on any atom is 0.353 e. The number of nitrogens with zero attached hydrogens (tertiary/aromatic N) is 4. The van der Waals surface area contributed by atoms with Gasteiger partial charge in [0.25, 0.3) is 5.91 Å². The van der Waals surface area contributed by atoms with Gasteiger partial charge in [0.05, 0.1) is 28.5 Å². The summed E-state index contributed by atoms with van der Waals surface area (Å²) < 4.78 is 1.93. The predicted octanol–water partition coefficient (Wildman–Crippen LogP) is 2.11. The Morgan fingerprint density at radius 3 is 3.00 bits per heavy atom. The number of thioether (sulfide) groups is 1. The SMILES string of the molecule is O=C(O)C1=CSC2/C(=C\c3cn4c(cnc5ccccc54)n3)C(=O)N12. The number of carboxylic acid groups (broad SMARTS) is 1. The number of para-hydroxylation sites is 2. The lowest BCUT2D eigenvalue weighted by Crippen LogP contribution is -2.51. The Kier molecular flexibility index (Phi) is 2.81. The minimum absolute atomic E-state index is 0.0299. The number of carboxylic acids is 1. The number of rotatable bonds is 2. The molecule has 7 nitrogen and oxygen atoms in total. The molecule has 1 fully saturated rings. The topological polar surface area (TPSA) is 87.8 Å². The first-order valence-electron chi connectivity index (χ1n) is 7.50. The molecular formula is C17H10N4O3S. The number of carbonyl (C=O) groups excluding carboxylic acids is 1. The van der Waals surface area contributed by atoms with Crippen molar-refractivity contribution in [3.8, 4) is 0 Å². The second kappa shape index (κ2) is 4.93. The van der Waals surface area contributed by atoms with Crippen LogP contribution in [0, 0.1) is 0 Å². The molecule has 1 N–H and O–H groups in total. The van der Waals surface area contributed by atoms with Crippen LogP contribution in [-0.4, -0.2) is 41.6 Å². The zero-order chi connectivity index (χ0) is 17.1. The summed E-state index contributed by atoms with van der Waals surface area (Å²) in [6, 6.07) is 7.74. The molecule has 1 unspecified atom stereocenters. The molecule has 8 heteroatoms. The van der Waals surface area contributed by atoms with Gasteiger partial charge in [-0.05, 0) is 18.2 Å². The summed E-state index contributed by atoms with van der Waals surface area (Å²) in [5.74, 6) is -1.38. The van der Waals surface area contributed by atoms with Crippen molar-refractivity contribution >= 4 is 46.4 Å². The van der Waals surface area contributed by atoms with E-state index in [1.165, 1.54) is 22.1 Å². The average molecular weight is 350 g/mol. The van der Waals surface area contributed by atoms with Crippen molar-refractivity contribution in [3.63, 3.8) is 0 Å². The van der Waals surface area contributed by atoms with E-state index in [1.54, 1.807) is 12.3 Å². The fourth-order valence-electron chi connectivity index (χ4n) is 3.10. The second-order valence-electron chi connectivity index (χ2n) is 5.71. The molecule has 0 bridgehead atoms. The van der Waals surface area contributed by atoms with Crippen LogP contribution in [0.2, 0.25) is 0 Å². The molecule has 0 spiro atoms. The monoisotopic (exact) mass is 350 g/mol. The largest absolute Gasteiger partial charge is 0.477 e. The van der Waals surface area contributed by atoms with Crippen LogP contribution in [0.25, 0.3) is 22.8 Å². The van der Waals surface area contributed by atoms with Gasteiger partial charge >= 0.3 is 5.97 Å². The standard InChI is InChI=1S/C17H10N4O3S/c22-15-10(16-21(15)13(8-25-16)17(23)24)5-9-7-20-12-4-2-1-3-11(12)18-6-14(20)19-9/h1-8,16H,(H,23,24)/b10-5-. The van der Waals surface area contributed by atoms with E-state index in [9.17, 15) is 9.59 Å². The Bertz CT molecular complexity index is 1150. The highest BCUT2D eigenvalue weighted by Gasteiger charge is 2.49. The van der Waals surface area contributed by atoms with Crippen LogP contribution in [0.3, 0.4) is 0 Å². The van der Waals surface area contributed by atoms with Gasteiger partial charge in [-0.25, -0.2) is 9.78 Å². The lowest BCUT2D eigenvalue weighted by atomic mass is 10.0. The molecule has 2 aliphatic rings. The Hall–Kier alpha value is -3.13. The molecule has 1 saturated heterocycles. The third-order valence-corrected chi connectivity index (χ3v) is 5.35.